The molecule has 0 N–H and O–H groups in total. The van der Waals surface area contributed by atoms with Gasteiger partial charge in [-0.1, -0.05) is 12.1 Å². The van der Waals surface area contributed by atoms with Gasteiger partial charge >= 0.3 is 6.36 Å². The fourth-order valence-corrected chi connectivity index (χ4v) is 4.98. The monoisotopic (exact) mass is 465 g/mol. The maximum atomic E-state index is 13.0. The van der Waals surface area contributed by atoms with Gasteiger partial charge in [-0.15, -0.1) is 13.2 Å². The minimum Gasteiger partial charge on any atom is -0.406 e. The molecule has 32 heavy (non-hydrogen) atoms. The van der Waals surface area contributed by atoms with Crippen LogP contribution in [0.15, 0.2) is 65.7 Å². The third kappa shape index (κ3) is 4.53. The van der Waals surface area contributed by atoms with Crippen LogP contribution in [0, 0.1) is 0 Å². The molecule has 11 heteroatoms. The van der Waals surface area contributed by atoms with Crippen LogP contribution in [0.3, 0.4) is 0 Å². The molecule has 1 aromatic heterocycles. The number of hydrogen-bond donors (Lipinski definition) is 0. The number of hydrogen-bond acceptors (Lipinski definition) is 5. The van der Waals surface area contributed by atoms with Gasteiger partial charge in [0.15, 0.2) is 0 Å². The van der Waals surface area contributed by atoms with Crippen LogP contribution in [-0.4, -0.2) is 61.1 Å². The van der Waals surface area contributed by atoms with Crippen molar-refractivity contribution in [2.75, 3.05) is 26.2 Å². The highest BCUT2D eigenvalue weighted by Crippen LogP contribution is 2.26. The van der Waals surface area contributed by atoms with Crippen LogP contribution in [-0.2, 0) is 10.0 Å². The molecule has 0 bridgehead atoms. The number of fused-ring (bicyclic) bond motifs is 1. The summed E-state index contributed by atoms with van der Waals surface area (Å²) in [5, 5.41) is 0.719. The van der Waals surface area contributed by atoms with Crippen molar-refractivity contribution in [3.8, 4) is 5.75 Å². The first-order valence-electron chi connectivity index (χ1n) is 9.64. The Morgan fingerprint density at radius 2 is 1.62 bits per heavy atom. The zero-order valence-corrected chi connectivity index (χ0v) is 17.4. The van der Waals surface area contributed by atoms with Gasteiger partial charge < -0.3 is 9.64 Å². The molecule has 168 valence electrons. The van der Waals surface area contributed by atoms with Crippen LogP contribution >= 0.6 is 0 Å². The predicted octanol–water partition coefficient (Wildman–Crippen LogP) is 3.28. The van der Waals surface area contributed by atoms with Crippen molar-refractivity contribution >= 4 is 26.8 Å². The van der Waals surface area contributed by atoms with E-state index in [9.17, 15) is 26.4 Å². The number of carbonyl (C=O) groups excluding carboxylic acids is 1. The average molecular weight is 465 g/mol. The molecular weight excluding hydrogens is 447 g/mol. The Hall–Kier alpha value is -3.18. The number of rotatable bonds is 4. The molecular formula is C21H18F3N3O4S. The molecule has 0 aliphatic carbocycles. The molecule has 7 nitrogen and oxygen atoms in total. The van der Waals surface area contributed by atoms with E-state index in [1.165, 1.54) is 4.31 Å². The highest BCUT2D eigenvalue weighted by molar-refractivity contribution is 7.89. The first kappa shape index (κ1) is 22.0. The third-order valence-electron chi connectivity index (χ3n) is 5.10. The Bertz CT molecular complexity index is 1230. The molecule has 3 aromatic rings. The molecule has 0 radical (unpaired) electrons. The maximum absolute atomic E-state index is 13.0. The lowest BCUT2D eigenvalue weighted by atomic mass is 10.1. The minimum absolute atomic E-state index is 0.0674. The number of aromatic nitrogens is 1. The molecule has 4 rings (SSSR count). The van der Waals surface area contributed by atoms with Gasteiger partial charge in [-0.2, -0.15) is 4.31 Å². The SMILES string of the molecule is O=C(c1cccc2ncccc12)N1CCN(S(=O)(=O)c2ccc(OC(F)(F)F)cc2)CC1. The first-order valence-corrected chi connectivity index (χ1v) is 11.1. The number of halogens is 3. The number of alkyl halides is 3. The lowest BCUT2D eigenvalue weighted by Gasteiger charge is -2.34. The number of carbonyl (C=O) groups is 1. The lowest BCUT2D eigenvalue weighted by molar-refractivity contribution is -0.274. The van der Waals surface area contributed by atoms with Crippen molar-refractivity contribution in [1.82, 2.24) is 14.2 Å². The fourth-order valence-electron chi connectivity index (χ4n) is 3.55. The van der Waals surface area contributed by atoms with Gasteiger partial charge in [0.05, 0.1) is 10.4 Å². The standard InChI is InChI=1S/C21H18F3N3O4S/c22-21(23,24)31-15-6-8-16(9-7-15)32(29,30)27-13-11-26(12-14-27)20(28)18-3-1-5-19-17(18)4-2-10-25-19/h1-10H,11-14H2. The van der Waals surface area contributed by atoms with E-state index in [1.54, 1.807) is 29.3 Å². The summed E-state index contributed by atoms with van der Waals surface area (Å²) in [7, 11) is -3.92. The van der Waals surface area contributed by atoms with E-state index in [0.29, 0.717) is 11.1 Å². The van der Waals surface area contributed by atoms with Crippen LogP contribution in [0.2, 0.25) is 0 Å². The highest BCUT2D eigenvalue weighted by Gasteiger charge is 2.33. The summed E-state index contributed by atoms with van der Waals surface area (Å²) in [4.78, 5) is 18.7. The third-order valence-corrected chi connectivity index (χ3v) is 7.01. The van der Waals surface area contributed by atoms with E-state index >= 15 is 0 Å². The Labute approximate surface area is 182 Å². The number of nitrogens with zero attached hydrogens (tertiary/aromatic N) is 3. The molecule has 0 spiro atoms. The smallest absolute Gasteiger partial charge is 0.406 e. The molecule has 0 atom stereocenters. The van der Waals surface area contributed by atoms with Gasteiger partial charge in [0.2, 0.25) is 10.0 Å². The van der Waals surface area contributed by atoms with Crippen LogP contribution in [0.1, 0.15) is 10.4 Å². The average Bonchev–Trinajstić information content (AvgIpc) is 2.77. The topological polar surface area (TPSA) is 79.8 Å². The summed E-state index contributed by atoms with van der Waals surface area (Å²) in [5.41, 5.74) is 1.18. The van der Waals surface area contributed by atoms with Crippen molar-refractivity contribution < 1.29 is 31.1 Å². The fraction of sp³-hybridized carbons (Fsp3) is 0.238. The summed E-state index contributed by atoms with van der Waals surface area (Å²) in [6.07, 6.45) is -3.22. The number of pyridine rings is 1. The number of sulfonamides is 1. The second-order valence-electron chi connectivity index (χ2n) is 7.09. The molecule has 2 aromatic carbocycles. The maximum Gasteiger partial charge on any atom is 0.573 e. The number of benzene rings is 2. The zero-order valence-electron chi connectivity index (χ0n) is 16.6. The molecule has 2 heterocycles. The summed E-state index contributed by atoms with van der Waals surface area (Å²) in [6.45, 7) is 0.504. The van der Waals surface area contributed by atoms with Crippen LogP contribution < -0.4 is 4.74 Å². The number of piperazine rings is 1. The Morgan fingerprint density at radius 3 is 2.28 bits per heavy atom. The van der Waals surface area contributed by atoms with Gasteiger partial charge in [-0.3, -0.25) is 9.78 Å². The Balaban J connectivity index is 1.45. The summed E-state index contributed by atoms with van der Waals surface area (Å²) in [5.74, 6) is -0.717. The van der Waals surface area contributed by atoms with Crippen molar-refractivity contribution in [3.63, 3.8) is 0 Å². The van der Waals surface area contributed by atoms with Gasteiger partial charge in [0.1, 0.15) is 5.75 Å². The van der Waals surface area contributed by atoms with Crippen molar-refractivity contribution in [2.45, 2.75) is 11.3 Å². The van der Waals surface area contributed by atoms with E-state index in [2.05, 4.69) is 9.72 Å². The summed E-state index contributed by atoms with van der Waals surface area (Å²) in [6, 6.07) is 12.9. The van der Waals surface area contributed by atoms with Crippen molar-refractivity contribution in [2.24, 2.45) is 0 Å². The lowest BCUT2D eigenvalue weighted by Crippen LogP contribution is -2.50. The van der Waals surface area contributed by atoms with E-state index in [4.69, 9.17) is 0 Å². The largest absolute Gasteiger partial charge is 0.573 e. The van der Waals surface area contributed by atoms with Crippen LogP contribution in [0.5, 0.6) is 5.75 Å². The Kier molecular flexibility index (Phi) is 5.78. The quantitative estimate of drug-likeness (QED) is 0.591. The molecule has 1 amide bonds. The van der Waals surface area contributed by atoms with Gasteiger partial charge in [0, 0.05) is 43.3 Å². The van der Waals surface area contributed by atoms with Crippen molar-refractivity contribution in [3.05, 3.63) is 66.4 Å². The Morgan fingerprint density at radius 1 is 0.938 bits per heavy atom. The zero-order chi connectivity index (χ0) is 22.9. The molecule has 1 fully saturated rings. The van der Waals surface area contributed by atoms with Gasteiger partial charge in [-0.25, -0.2) is 8.42 Å². The molecule has 1 aliphatic heterocycles. The summed E-state index contributed by atoms with van der Waals surface area (Å²) >= 11 is 0. The highest BCUT2D eigenvalue weighted by atomic mass is 32.2. The second kappa shape index (κ2) is 8.40. The second-order valence-corrected chi connectivity index (χ2v) is 9.03. The number of amides is 1. The summed E-state index contributed by atoms with van der Waals surface area (Å²) < 4.78 is 67.6. The number of ether oxygens (including phenoxy) is 1. The van der Waals surface area contributed by atoms with Gasteiger partial charge in [0.25, 0.3) is 5.91 Å². The van der Waals surface area contributed by atoms with E-state index < -0.39 is 22.1 Å². The molecule has 0 saturated carbocycles. The van der Waals surface area contributed by atoms with Gasteiger partial charge in [-0.05, 0) is 42.5 Å². The van der Waals surface area contributed by atoms with Crippen LogP contribution in [0.4, 0.5) is 13.2 Å². The molecule has 0 unspecified atom stereocenters. The van der Waals surface area contributed by atoms with Crippen molar-refractivity contribution in [1.29, 1.82) is 0 Å². The van der Waals surface area contributed by atoms with E-state index in [-0.39, 0.29) is 37.0 Å². The van der Waals surface area contributed by atoms with E-state index in [1.807, 2.05) is 12.1 Å². The minimum atomic E-state index is -4.86. The predicted molar refractivity (Wildman–Crippen MR) is 110 cm³/mol. The first-order chi connectivity index (χ1) is 15.1. The molecule has 1 aliphatic rings. The molecule has 1 saturated heterocycles. The van der Waals surface area contributed by atoms with E-state index in [0.717, 1.165) is 29.7 Å². The normalized spacial score (nSPS) is 15.7. The van der Waals surface area contributed by atoms with Crippen LogP contribution in [0.25, 0.3) is 10.9 Å².